The van der Waals surface area contributed by atoms with E-state index in [1.54, 1.807) is 0 Å². The molecule has 0 aromatic rings. The standard InChI is InChI=1S/3C2H2O4.H3N.Ti/c3*3-1(4)2(5)6;;/h3*(H,3,4)(H,5,6);1H3;/q;;;;+4/p-4. The minimum Gasteiger partial charge on any atom is -0.543 e. The summed E-state index contributed by atoms with van der Waals surface area (Å²) in [4.78, 5) is 53.7. The van der Waals surface area contributed by atoms with Crippen LogP contribution in [0.1, 0.15) is 0 Å². The van der Waals surface area contributed by atoms with Gasteiger partial charge in [0.1, 0.15) is 0 Å². The maximum atomic E-state index is 9.04. The number of carboxylic acids is 6. The van der Waals surface area contributed by atoms with Gasteiger partial charge < -0.3 is 60.8 Å². The SMILES string of the molecule is O=C([O-])C(=O)O.O=C([O-])C(=O)[O-].O=C([O-])C(=O)[O-].[NH4+].[Ti+4]. The topological polar surface area (TPSA) is 274 Å². The number of carboxylic acid groups (broad SMARTS) is 6. The Kier molecular flexibility index (Phi) is 25.1. The molecule has 0 rings (SSSR count). The maximum Gasteiger partial charge on any atom is 4.00 e. The fourth-order valence-electron chi connectivity index (χ4n) is 0. The van der Waals surface area contributed by atoms with Crippen molar-refractivity contribution in [3.05, 3.63) is 0 Å². The van der Waals surface area contributed by atoms with Gasteiger partial charge in [0.2, 0.25) is 0 Å². The molecule has 14 heteroatoms. The molecule has 0 aromatic carbocycles. The Morgan fingerprint density at radius 1 is 0.550 bits per heavy atom. The second kappa shape index (κ2) is 16.5. The van der Waals surface area contributed by atoms with Gasteiger partial charge in [-0.3, -0.25) is 0 Å². The first-order chi connectivity index (χ1) is 7.93. The van der Waals surface area contributed by atoms with E-state index in [1.807, 2.05) is 0 Å². The molecule has 0 aliphatic heterocycles. The number of aliphatic carboxylic acids is 6. The summed E-state index contributed by atoms with van der Waals surface area (Å²) >= 11 is 0. The number of quaternary nitrogens is 1. The Morgan fingerprint density at radius 2 is 0.650 bits per heavy atom. The fraction of sp³-hybridized carbons (Fsp3) is 0. The van der Waals surface area contributed by atoms with Gasteiger partial charge in [-0.05, 0) is 0 Å². The maximum absolute atomic E-state index is 9.04. The van der Waals surface area contributed by atoms with Crippen molar-refractivity contribution < 1.29 is 81.1 Å². The molecule has 0 unspecified atom stereocenters. The average Bonchev–Trinajstić information content (AvgIpc) is 2.18. The van der Waals surface area contributed by atoms with Crippen molar-refractivity contribution in [1.82, 2.24) is 6.15 Å². The summed E-state index contributed by atoms with van der Waals surface area (Å²) in [6.45, 7) is 0. The first-order valence-electron chi connectivity index (χ1n) is 3.22. The number of rotatable bonds is 0. The molecule has 0 atom stereocenters. The van der Waals surface area contributed by atoms with E-state index in [0.717, 1.165) is 0 Å². The van der Waals surface area contributed by atoms with Crippen LogP contribution >= 0.6 is 0 Å². The second-order valence-corrected chi connectivity index (χ2v) is 1.74. The van der Waals surface area contributed by atoms with Crippen LogP contribution in [0.15, 0.2) is 0 Å². The molecule has 5 N–H and O–H groups in total. The van der Waals surface area contributed by atoms with Crippen LogP contribution in [0.25, 0.3) is 0 Å². The van der Waals surface area contributed by atoms with Crippen molar-refractivity contribution in [3.63, 3.8) is 0 Å². The van der Waals surface area contributed by atoms with Crippen LogP contribution in [-0.2, 0) is 50.5 Å². The van der Waals surface area contributed by atoms with Crippen molar-refractivity contribution in [2.24, 2.45) is 0 Å². The first kappa shape index (κ1) is 30.5. The van der Waals surface area contributed by atoms with Crippen LogP contribution in [-0.4, -0.2) is 40.9 Å². The first-order valence-corrected chi connectivity index (χ1v) is 3.22. The zero-order valence-corrected chi connectivity index (χ0v) is 11.0. The molecular weight excluding hydrogens is 326 g/mol. The molecule has 0 aliphatic carbocycles. The molecule has 0 aromatic heterocycles. The van der Waals surface area contributed by atoms with E-state index < -0.39 is 35.8 Å². The van der Waals surface area contributed by atoms with Gasteiger partial charge in [0, 0.05) is 0 Å². The third-order valence-electron chi connectivity index (χ3n) is 0.508. The smallest absolute Gasteiger partial charge is 0.543 e. The fourth-order valence-corrected chi connectivity index (χ4v) is 0. The Balaban J connectivity index is -0.0000000536. The summed E-state index contributed by atoms with van der Waals surface area (Å²) in [7, 11) is 0. The molecule has 20 heavy (non-hydrogen) atoms. The molecule has 0 saturated carbocycles. The predicted octanol–water partition coefficient (Wildman–Crippen LogP) is -8.83. The third kappa shape index (κ3) is 36.1. The van der Waals surface area contributed by atoms with Crippen LogP contribution in [0.3, 0.4) is 0 Å². The zero-order chi connectivity index (χ0) is 15.5. The molecule has 0 saturated heterocycles. The third-order valence-corrected chi connectivity index (χ3v) is 0.508. The van der Waals surface area contributed by atoms with Gasteiger partial charge in [-0.2, -0.15) is 0 Å². The summed E-state index contributed by atoms with van der Waals surface area (Å²) in [5.41, 5.74) is 0. The summed E-state index contributed by atoms with van der Waals surface area (Å²) in [5, 5.41) is 52.0. The molecule has 0 fully saturated rings. The Hall–Kier alpha value is -2.51. The minimum atomic E-state index is -2.19. The molecule has 0 aliphatic rings. The van der Waals surface area contributed by atoms with Gasteiger partial charge in [0.15, 0.2) is 5.97 Å². The molecule has 0 radical (unpaired) electrons. The van der Waals surface area contributed by atoms with Crippen molar-refractivity contribution in [2.75, 3.05) is 0 Å². The Morgan fingerprint density at radius 3 is 0.650 bits per heavy atom. The van der Waals surface area contributed by atoms with Crippen LogP contribution < -0.4 is 31.7 Å². The second-order valence-electron chi connectivity index (χ2n) is 1.74. The summed E-state index contributed by atoms with van der Waals surface area (Å²) in [5.74, 6) is -12.7. The molecular formula is C6H5NO12Ti. The van der Waals surface area contributed by atoms with Crippen molar-refractivity contribution in [1.29, 1.82) is 0 Å². The quantitative estimate of drug-likeness (QED) is 0.309. The van der Waals surface area contributed by atoms with Crippen LogP contribution in [0.2, 0.25) is 0 Å². The predicted molar refractivity (Wildman–Crippen MR) is 38.7 cm³/mol. The largest absolute Gasteiger partial charge is 4.00 e. The van der Waals surface area contributed by atoms with Crippen molar-refractivity contribution in [2.45, 2.75) is 0 Å². The van der Waals surface area contributed by atoms with Gasteiger partial charge in [0.25, 0.3) is 0 Å². The van der Waals surface area contributed by atoms with Crippen LogP contribution in [0, 0.1) is 0 Å². The monoisotopic (exact) mass is 331 g/mol. The van der Waals surface area contributed by atoms with Gasteiger partial charge in [-0.25, -0.2) is 4.79 Å². The van der Waals surface area contributed by atoms with E-state index >= 15 is 0 Å². The zero-order valence-electron chi connectivity index (χ0n) is 9.44. The van der Waals surface area contributed by atoms with Crippen LogP contribution in [0.5, 0.6) is 0 Å². The summed E-state index contributed by atoms with van der Waals surface area (Å²) < 4.78 is 0. The molecule has 0 bridgehead atoms. The van der Waals surface area contributed by atoms with Crippen molar-refractivity contribution in [3.8, 4) is 0 Å². The van der Waals surface area contributed by atoms with E-state index in [2.05, 4.69) is 0 Å². The van der Waals surface area contributed by atoms with E-state index in [-0.39, 0.29) is 27.9 Å². The van der Waals surface area contributed by atoms with E-state index in [0.29, 0.717) is 0 Å². The van der Waals surface area contributed by atoms with Gasteiger partial charge in [-0.1, -0.05) is 0 Å². The van der Waals surface area contributed by atoms with Crippen LogP contribution in [0.4, 0.5) is 0 Å². The van der Waals surface area contributed by atoms with Crippen molar-refractivity contribution >= 4 is 35.8 Å². The Bertz CT molecular complexity index is 283. The van der Waals surface area contributed by atoms with Gasteiger partial charge in [0.05, 0.1) is 23.9 Å². The summed E-state index contributed by atoms with van der Waals surface area (Å²) in [6, 6.07) is 0. The summed E-state index contributed by atoms with van der Waals surface area (Å²) in [6.07, 6.45) is 0. The van der Waals surface area contributed by atoms with E-state index in [1.165, 1.54) is 0 Å². The average molecular weight is 331 g/mol. The van der Waals surface area contributed by atoms with Gasteiger partial charge in [-0.15, -0.1) is 0 Å². The number of hydrogen-bond donors (Lipinski definition) is 2. The molecule has 0 heterocycles. The number of carbonyl (C=O) groups excluding carboxylic acids is 5. The normalized spacial score (nSPS) is 6.60. The molecule has 0 spiro atoms. The van der Waals surface area contributed by atoms with Gasteiger partial charge >= 0.3 is 27.7 Å². The van der Waals surface area contributed by atoms with E-state index in [9.17, 15) is 0 Å². The number of hydrogen-bond acceptors (Lipinski definition) is 11. The Labute approximate surface area is 123 Å². The minimum absolute atomic E-state index is 0. The van der Waals surface area contributed by atoms with E-state index in [4.69, 9.17) is 59.4 Å². The molecule has 13 nitrogen and oxygen atoms in total. The number of carbonyl (C=O) groups is 6. The molecule has 0 amide bonds. The molecule has 110 valence electrons.